The van der Waals surface area contributed by atoms with Crippen molar-refractivity contribution in [3.05, 3.63) is 59.7 Å². The molecule has 1 atom stereocenters. The normalized spacial score (nSPS) is 17.3. The van der Waals surface area contributed by atoms with Gasteiger partial charge in [0.15, 0.2) is 0 Å². The van der Waals surface area contributed by atoms with E-state index < -0.39 is 0 Å². The van der Waals surface area contributed by atoms with Gasteiger partial charge in [-0.2, -0.15) is 0 Å². The molecule has 2 aromatic carbocycles. The fourth-order valence-electron chi connectivity index (χ4n) is 3.67. The van der Waals surface area contributed by atoms with Gasteiger partial charge in [0.25, 0.3) is 0 Å². The first-order valence-corrected chi connectivity index (χ1v) is 9.60. The summed E-state index contributed by atoms with van der Waals surface area (Å²) in [4.78, 5) is 27.2. The second kappa shape index (κ2) is 7.55. The van der Waals surface area contributed by atoms with Crippen LogP contribution in [0.3, 0.4) is 0 Å². The maximum atomic E-state index is 12.9. The van der Waals surface area contributed by atoms with Crippen LogP contribution in [0.5, 0.6) is 0 Å². The van der Waals surface area contributed by atoms with Crippen molar-refractivity contribution in [2.24, 2.45) is 5.92 Å². The summed E-state index contributed by atoms with van der Waals surface area (Å²) in [6.45, 7) is 8.88. The molecule has 0 spiro atoms. The Morgan fingerprint density at radius 3 is 2.48 bits per heavy atom. The van der Waals surface area contributed by atoms with E-state index >= 15 is 0 Å². The molecule has 4 nitrogen and oxygen atoms in total. The van der Waals surface area contributed by atoms with Gasteiger partial charge in [-0.15, -0.1) is 0 Å². The first-order valence-electron chi connectivity index (χ1n) is 9.60. The minimum Gasteiger partial charge on any atom is -0.326 e. The van der Waals surface area contributed by atoms with E-state index in [1.165, 1.54) is 0 Å². The summed E-state index contributed by atoms with van der Waals surface area (Å²) in [7, 11) is 0. The van der Waals surface area contributed by atoms with E-state index in [2.05, 4.69) is 33.0 Å². The summed E-state index contributed by atoms with van der Waals surface area (Å²) >= 11 is 0. The Labute approximate surface area is 161 Å². The van der Waals surface area contributed by atoms with Crippen LogP contribution in [0, 0.1) is 5.92 Å². The SMILES string of the molecule is CCc1ccccc1N1CC(C(=O)Nc2ccccc2C(C)(C)C)CC1=O. The summed E-state index contributed by atoms with van der Waals surface area (Å²) in [5.74, 6) is -0.410. The van der Waals surface area contributed by atoms with Gasteiger partial charge in [-0.1, -0.05) is 64.1 Å². The molecule has 1 heterocycles. The highest BCUT2D eigenvalue weighted by atomic mass is 16.2. The first-order chi connectivity index (χ1) is 12.8. The van der Waals surface area contributed by atoms with Crippen molar-refractivity contribution in [1.29, 1.82) is 0 Å². The average molecular weight is 364 g/mol. The van der Waals surface area contributed by atoms with Gasteiger partial charge in [-0.25, -0.2) is 0 Å². The highest BCUT2D eigenvalue weighted by Crippen LogP contribution is 2.32. The number of hydrogen-bond donors (Lipinski definition) is 1. The number of rotatable bonds is 4. The summed E-state index contributed by atoms with van der Waals surface area (Å²) in [5.41, 5.74) is 3.91. The fraction of sp³-hybridized carbons (Fsp3) is 0.391. The molecule has 27 heavy (non-hydrogen) atoms. The molecule has 0 aromatic heterocycles. The van der Waals surface area contributed by atoms with E-state index in [1.54, 1.807) is 4.90 Å². The molecule has 0 bridgehead atoms. The summed E-state index contributed by atoms with van der Waals surface area (Å²) in [5, 5.41) is 3.06. The van der Waals surface area contributed by atoms with Gasteiger partial charge in [0.2, 0.25) is 11.8 Å². The second-order valence-electron chi connectivity index (χ2n) is 8.17. The Kier molecular flexibility index (Phi) is 5.36. The molecule has 2 aromatic rings. The van der Waals surface area contributed by atoms with Crippen LogP contribution in [0.1, 0.15) is 45.2 Å². The average Bonchev–Trinajstić information content (AvgIpc) is 3.03. The first kappa shape index (κ1) is 19.2. The lowest BCUT2D eigenvalue weighted by Crippen LogP contribution is -2.29. The standard InChI is InChI=1S/C23H28N2O2/c1-5-16-10-6-9-13-20(16)25-15-17(14-21(25)26)22(27)24-19-12-8-7-11-18(19)23(2,3)4/h6-13,17H,5,14-15H2,1-4H3,(H,24,27). The Balaban J connectivity index is 1.78. The van der Waals surface area contributed by atoms with Crippen molar-refractivity contribution >= 4 is 23.2 Å². The lowest BCUT2D eigenvalue weighted by atomic mass is 9.85. The molecule has 1 aliphatic heterocycles. The maximum absolute atomic E-state index is 12.9. The van der Waals surface area contributed by atoms with Crippen LogP contribution in [-0.2, 0) is 21.4 Å². The van der Waals surface area contributed by atoms with Gasteiger partial charge in [0, 0.05) is 24.3 Å². The van der Waals surface area contributed by atoms with Crippen LogP contribution in [0.4, 0.5) is 11.4 Å². The molecular formula is C23H28N2O2. The van der Waals surface area contributed by atoms with Crippen LogP contribution in [0.15, 0.2) is 48.5 Å². The smallest absolute Gasteiger partial charge is 0.229 e. The molecule has 4 heteroatoms. The Morgan fingerprint density at radius 1 is 1.11 bits per heavy atom. The summed E-state index contributed by atoms with van der Waals surface area (Å²) in [6, 6.07) is 15.8. The lowest BCUT2D eigenvalue weighted by Gasteiger charge is -2.24. The number of nitrogens with one attached hydrogen (secondary N) is 1. The molecular weight excluding hydrogens is 336 g/mol. The largest absolute Gasteiger partial charge is 0.326 e. The predicted octanol–water partition coefficient (Wildman–Crippen LogP) is 4.54. The molecule has 0 aliphatic carbocycles. The van der Waals surface area contributed by atoms with Crippen molar-refractivity contribution in [3.63, 3.8) is 0 Å². The molecule has 1 fully saturated rings. The third-order valence-electron chi connectivity index (χ3n) is 5.15. The number of aryl methyl sites for hydroxylation is 1. The summed E-state index contributed by atoms with van der Waals surface area (Å²) in [6.07, 6.45) is 1.11. The summed E-state index contributed by atoms with van der Waals surface area (Å²) < 4.78 is 0. The molecule has 142 valence electrons. The van der Waals surface area contributed by atoms with Crippen molar-refractivity contribution in [3.8, 4) is 0 Å². The van der Waals surface area contributed by atoms with E-state index in [-0.39, 0.29) is 29.6 Å². The van der Waals surface area contributed by atoms with Crippen molar-refractivity contribution in [2.45, 2.75) is 46.0 Å². The molecule has 1 unspecified atom stereocenters. The Bertz CT molecular complexity index is 851. The number of hydrogen-bond acceptors (Lipinski definition) is 2. The molecule has 0 radical (unpaired) electrons. The molecule has 2 amide bonds. The Hall–Kier alpha value is -2.62. The molecule has 1 saturated heterocycles. The second-order valence-corrected chi connectivity index (χ2v) is 8.17. The maximum Gasteiger partial charge on any atom is 0.229 e. The van der Waals surface area contributed by atoms with E-state index in [4.69, 9.17) is 0 Å². The number of anilines is 2. The third-order valence-corrected chi connectivity index (χ3v) is 5.15. The van der Waals surface area contributed by atoms with Gasteiger partial charge in [0.1, 0.15) is 0 Å². The number of benzene rings is 2. The van der Waals surface area contributed by atoms with Crippen LogP contribution < -0.4 is 10.2 Å². The van der Waals surface area contributed by atoms with Gasteiger partial charge in [-0.3, -0.25) is 9.59 Å². The van der Waals surface area contributed by atoms with Crippen molar-refractivity contribution < 1.29 is 9.59 Å². The van der Waals surface area contributed by atoms with E-state index in [9.17, 15) is 9.59 Å². The molecule has 1 N–H and O–H groups in total. The monoisotopic (exact) mass is 364 g/mol. The van der Waals surface area contributed by atoms with Crippen molar-refractivity contribution in [1.82, 2.24) is 0 Å². The predicted molar refractivity (Wildman–Crippen MR) is 110 cm³/mol. The fourth-order valence-corrected chi connectivity index (χ4v) is 3.67. The lowest BCUT2D eigenvalue weighted by molar-refractivity contribution is -0.122. The minimum absolute atomic E-state index is 0.0140. The van der Waals surface area contributed by atoms with Gasteiger partial charge >= 0.3 is 0 Å². The van der Waals surface area contributed by atoms with E-state index in [0.29, 0.717) is 6.54 Å². The highest BCUT2D eigenvalue weighted by Gasteiger charge is 2.36. The third kappa shape index (κ3) is 4.05. The molecule has 0 saturated carbocycles. The number of carbonyl (C=O) groups excluding carboxylic acids is 2. The van der Waals surface area contributed by atoms with Crippen LogP contribution >= 0.6 is 0 Å². The van der Waals surface area contributed by atoms with Gasteiger partial charge < -0.3 is 10.2 Å². The zero-order valence-electron chi connectivity index (χ0n) is 16.6. The Morgan fingerprint density at radius 2 is 1.78 bits per heavy atom. The molecule has 1 aliphatic rings. The van der Waals surface area contributed by atoms with Crippen LogP contribution in [-0.4, -0.2) is 18.4 Å². The van der Waals surface area contributed by atoms with E-state index in [1.807, 2.05) is 48.5 Å². The van der Waals surface area contributed by atoms with Gasteiger partial charge in [-0.05, 0) is 35.1 Å². The zero-order valence-corrected chi connectivity index (χ0v) is 16.6. The number of nitrogens with zero attached hydrogens (tertiary/aromatic N) is 1. The number of amides is 2. The van der Waals surface area contributed by atoms with Crippen LogP contribution in [0.25, 0.3) is 0 Å². The highest BCUT2D eigenvalue weighted by molar-refractivity contribution is 6.04. The molecule has 3 rings (SSSR count). The van der Waals surface area contributed by atoms with E-state index in [0.717, 1.165) is 28.9 Å². The van der Waals surface area contributed by atoms with Crippen molar-refractivity contribution in [2.75, 3.05) is 16.8 Å². The quantitative estimate of drug-likeness (QED) is 0.866. The van der Waals surface area contributed by atoms with Crippen LogP contribution in [0.2, 0.25) is 0 Å². The zero-order chi connectivity index (χ0) is 19.6. The van der Waals surface area contributed by atoms with Gasteiger partial charge in [0.05, 0.1) is 5.92 Å². The minimum atomic E-state index is -0.338. The topological polar surface area (TPSA) is 49.4 Å². The number of carbonyl (C=O) groups is 2. The number of para-hydroxylation sites is 2.